The molecule has 1 fully saturated rings. The molecule has 0 spiro atoms. The van der Waals surface area contributed by atoms with Gasteiger partial charge in [-0.05, 0) is 44.9 Å². The van der Waals surface area contributed by atoms with Crippen LogP contribution in [-0.4, -0.2) is 28.1 Å². The Balaban J connectivity index is 1.75. The zero-order valence-corrected chi connectivity index (χ0v) is 15.1. The van der Waals surface area contributed by atoms with E-state index in [-0.39, 0.29) is 30.2 Å². The third-order valence-corrected chi connectivity index (χ3v) is 4.77. The summed E-state index contributed by atoms with van der Waals surface area (Å²) in [6.07, 6.45) is 1.90. The lowest BCUT2D eigenvalue weighted by Gasteiger charge is -2.20. The summed E-state index contributed by atoms with van der Waals surface area (Å²) >= 11 is 0. The summed E-state index contributed by atoms with van der Waals surface area (Å²) in [7, 11) is 0. The van der Waals surface area contributed by atoms with Crippen LogP contribution in [-0.2, 0) is 9.59 Å². The SMILES string of the molecule is Cc1cccc(N2CC(C(=O)Nc3ccnn3C(C)C)CC2=O)c1C. The highest BCUT2D eigenvalue weighted by Gasteiger charge is 2.36. The van der Waals surface area contributed by atoms with Gasteiger partial charge < -0.3 is 10.2 Å². The van der Waals surface area contributed by atoms with Crippen LogP contribution in [0.15, 0.2) is 30.5 Å². The molecule has 1 aliphatic rings. The van der Waals surface area contributed by atoms with Gasteiger partial charge in [-0.15, -0.1) is 0 Å². The van der Waals surface area contributed by atoms with Crippen molar-refractivity contribution in [3.63, 3.8) is 0 Å². The first kappa shape index (κ1) is 17.2. The van der Waals surface area contributed by atoms with Crippen LogP contribution in [0.4, 0.5) is 11.5 Å². The molecule has 0 radical (unpaired) electrons. The van der Waals surface area contributed by atoms with Crippen LogP contribution >= 0.6 is 0 Å². The molecule has 1 unspecified atom stereocenters. The van der Waals surface area contributed by atoms with Crippen molar-refractivity contribution in [1.29, 1.82) is 0 Å². The second kappa shape index (κ2) is 6.70. The van der Waals surface area contributed by atoms with Crippen molar-refractivity contribution >= 4 is 23.3 Å². The Bertz CT molecular complexity index is 810. The van der Waals surface area contributed by atoms with Gasteiger partial charge in [-0.2, -0.15) is 5.10 Å². The number of carbonyl (C=O) groups is 2. The van der Waals surface area contributed by atoms with E-state index >= 15 is 0 Å². The summed E-state index contributed by atoms with van der Waals surface area (Å²) in [5.41, 5.74) is 3.11. The molecule has 6 heteroatoms. The zero-order valence-electron chi connectivity index (χ0n) is 15.1. The Morgan fingerprint density at radius 1 is 1.28 bits per heavy atom. The normalized spacial score (nSPS) is 17.4. The van der Waals surface area contributed by atoms with E-state index in [9.17, 15) is 9.59 Å². The second-order valence-electron chi connectivity index (χ2n) is 6.87. The predicted octanol–water partition coefficient (Wildman–Crippen LogP) is 3.07. The molecule has 2 amide bonds. The van der Waals surface area contributed by atoms with E-state index in [0.29, 0.717) is 12.4 Å². The molecular formula is C19H24N4O2. The summed E-state index contributed by atoms with van der Waals surface area (Å²) in [4.78, 5) is 26.8. The number of rotatable bonds is 4. The molecular weight excluding hydrogens is 316 g/mol. The monoisotopic (exact) mass is 340 g/mol. The van der Waals surface area contributed by atoms with Crippen molar-refractivity contribution in [3.05, 3.63) is 41.6 Å². The standard InChI is InChI=1S/C19H24N4O2/c1-12(2)23-17(8-9-20-23)21-19(25)15-10-18(24)22(11-15)16-7-5-6-13(3)14(16)4/h5-9,12,15H,10-11H2,1-4H3,(H,21,25). The van der Waals surface area contributed by atoms with Crippen molar-refractivity contribution in [2.24, 2.45) is 5.92 Å². The second-order valence-corrected chi connectivity index (χ2v) is 6.87. The van der Waals surface area contributed by atoms with E-state index in [2.05, 4.69) is 10.4 Å². The molecule has 3 rings (SSSR count). The average molecular weight is 340 g/mol. The number of carbonyl (C=O) groups excluding carboxylic acids is 2. The number of aryl methyl sites for hydroxylation is 1. The minimum Gasteiger partial charge on any atom is -0.311 e. The molecule has 2 heterocycles. The lowest BCUT2D eigenvalue weighted by Crippen LogP contribution is -2.29. The van der Waals surface area contributed by atoms with E-state index in [4.69, 9.17) is 0 Å². The Hall–Kier alpha value is -2.63. The molecule has 1 saturated heterocycles. The number of nitrogens with one attached hydrogen (secondary N) is 1. The van der Waals surface area contributed by atoms with Gasteiger partial charge in [-0.3, -0.25) is 9.59 Å². The molecule has 132 valence electrons. The minimum atomic E-state index is -0.358. The highest BCUT2D eigenvalue weighted by atomic mass is 16.2. The smallest absolute Gasteiger partial charge is 0.230 e. The molecule has 1 atom stereocenters. The summed E-state index contributed by atoms with van der Waals surface area (Å²) in [5, 5.41) is 7.13. The predicted molar refractivity (Wildman–Crippen MR) is 97.6 cm³/mol. The molecule has 0 aliphatic carbocycles. The van der Waals surface area contributed by atoms with Crippen LogP contribution in [0.5, 0.6) is 0 Å². The molecule has 1 aromatic heterocycles. The first-order chi connectivity index (χ1) is 11.9. The van der Waals surface area contributed by atoms with E-state index in [1.807, 2.05) is 45.9 Å². The summed E-state index contributed by atoms with van der Waals surface area (Å²) < 4.78 is 1.76. The molecule has 6 nitrogen and oxygen atoms in total. The Morgan fingerprint density at radius 2 is 2.04 bits per heavy atom. The Kier molecular flexibility index (Phi) is 4.61. The molecule has 1 aliphatic heterocycles. The highest BCUT2D eigenvalue weighted by molar-refractivity contribution is 6.03. The van der Waals surface area contributed by atoms with Crippen molar-refractivity contribution in [1.82, 2.24) is 9.78 Å². The molecule has 0 saturated carbocycles. The van der Waals surface area contributed by atoms with Gasteiger partial charge in [0.2, 0.25) is 11.8 Å². The van der Waals surface area contributed by atoms with Gasteiger partial charge in [0, 0.05) is 30.8 Å². The summed E-state index contributed by atoms with van der Waals surface area (Å²) in [5.74, 6) is 0.162. The van der Waals surface area contributed by atoms with Crippen LogP contribution < -0.4 is 10.2 Å². The lowest BCUT2D eigenvalue weighted by molar-refractivity contribution is -0.122. The number of hydrogen-bond acceptors (Lipinski definition) is 3. The van der Waals surface area contributed by atoms with Crippen molar-refractivity contribution in [2.45, 2.75) is 40.2 Å². The Labute approximate surface area is 147 Å². The average Bonchev–Trinajstić information content (AvgIpc) is 3.17. The number of nitrogens with zero attached hydrogens (tertiary/aromatic N) is 3. The van der Waals surface area contributed by atoms with Crippen molar-refractivity contribution < 1.29 is 9.59 Å². The number of hydrogen-bond donors (Lipinski definition) is 1. The lowest BCUT2D eigenvalue weighted by atomic mass is 10.1. The molecule has 2 aromatic rings. The quantitative estimate of drug-likeness (QED) is 0.930. The number of aromatic nitrogens is 2. The molecule has 25 heavy (non-hydrogen) atoms. The fraction of sp³-hybridized carbons (Fsp3) is 0.421. The van der Waals surface area contributed by atoms with E-state index in [1.54, 1.807) is 21.8 Å². The highest BCUT2D eigenvalue weighted by Crippen LogP contribution is 2.30. The third-order valence-electron chi connectivity index (χ3n) is 4.77. The first-order valence-electron chi connectivity index (χ1n) is 8.59. The molecule has 0 bridgehead atoms. The topological polar surface area (TPSA) is 67.2 Å². The summed E-state index contributed by atoms with van der Waals surface area (Å²) in [6.45, 7) is 8.45. The molecule has 1 N–H and O–H groups in total. The number of amides is 2. The van der Waals surface area contributed by atoms with E-state index < -0.39 is 0 Å². The van der Waals surface area contributed by atoms with Gasteiger partial charge in [0.1, 0.15) is 5.82 Å². The van der Waals surface area contributed by atoms with Gasteiger partial charge >= 0.3 is 0 Å². The Morgan fingerprint density at radius 3 is 2.76 bits per heavy atom. The van der Waals surface area contributed by atoms with E-state index in [1.165, 1.54) is 0 Å². The van der Waals surface area contributed by atoms with Gasteiger partial charge in [-0.1, -0.05) is 12.1 Å². The third kappa shape index (κ3) is 3.29. The van der Waals surface area contributed by atoms with Gasteiger partial charge in [0.05, 0.1) is 12.1 Å². The van der Waals surface area contributed by atoms with Crippen LogP contribution in [0.1, 0.15) is 37.4 Å². The summed E-state index contributed by atoms with van der Waals surface area (Å²) in [6, 6.07) is 7.84. The number of anilines is 2. The van der Waals surface area contributed by atoms with Gasteiger partial charge in [0.25, 0.3) is 0 Å². The first-order valence-corrected chi connectivity index (χ1v) is 8.59. The van der Waals surface area contributed by atoms with Crippen LogP contribution in [0, 0.1) is 19.8 Å². The van der Waals surface area contributed by atoms with Crippen molar-refractivity contribution in [3.8, 4) is 0 Å². The largest absolute Gasteiger partial charge is 0.311 e. The maximum absolute atomic E-state index is 12.6. The minimum absolute atomic E-state index is 0.00813. The number of benzene rings is 1. The zero-order chi connectivity index (χ0) is 18.1. The van der Waals surface area contributed by atoms with Gasteiger partial charge in [0.15, 0.2) is 0 Å². The maximum atomic E-state index is 12.6. The van der Waals surface area contributed by atoms with Gasteiger partial charge in [-0.25, -0.2) is 4.68 Å². The molecule has 1 aromatic carbocycles. The maximum Gasteiger partial charge on any atom is 0.230 e. The fourth-order valence-electron chi connectivity index (χ4n) is 3.20. The van der Waals surface area contributed by atoms with Crippen molar-refractivity contribution in [2.75, 3.05) is 16.8 Å². The van der Waals surface area contributed by atoms with Crippen LogP contribution in [0.25, 0.3) is 0 Å². The fourth-order valence-corrected chi connectivity index (χ4v) is 3.20. The van der Waals surface area contributed by atoms with E-state index in [0.717, 1.165) is 16.8 Å². The van der Waals surface area contributed by atoms with Crippen LogP contribution in [0.2, 0.25) is 0 Å². The van der Waals surface area contributed by atoms with Crippen LogP contribution in [0.3, 0.4) is 0 Å².